The third kappa shape index (κ3) is 3.15. The highest BCUT2D eigenvalue weighted by Crippen LogP contribution is 2.46. The van der Waals surface area contributed by atoms with Crippen molar-refractivity contribution in [2.24, 2.45) is 11.7 Å². The molecule has 7 heteroatoms. The van der Waals surface area contributed by atoms with Crippen molar-refractivity contribution in [2.45, 2.75) is 49.5 Å². The third-order valence-corrected chi connectivity index (χ3v) is 7.04. The molecule has 2 N–H and O–H groups in total. The van der Waals surface area contributed by atoms with Gasteiger partial charge in [-0.1, -0.05) is 11.6 Å². The zero-order valence-corrected chi connectivity index (χ0v) is 15.9. The van der Waals surface area contributed by atoms with Crippen LogP contribution in [0.2, 0.25) is 5.15 Å². The van der Waals surface area contributed by atoms with Gasteiger partial charge in [-0.15, -0.1) is 0 Å². The van der Waals surface area contributed by atoms with Crippen molar-refractivity contribution in [2.75, 3.05) is 6.26 Å². The van der Waals surface area contributed by atoms with E-state index in [0.29, 0.717) is 17.0 Å². The number of ether oxygens (including phenoxy) is 1. The fourth-order valence-corrected chi connectivity index (χ4v) is 4.68. The summed E-state index contributed by atoms with van der Waals surface area (Å²) >= 11 is 6.14. The number of pyridine rings is 2. The first kappa shape index (κ1) is 17.2. The molecule has 2 heterocycles. The Hall–Kier alpha value is -1.24. The molecule has 2 aromatic heterocycles. The van der Waals surface area contributed by atoms with E-state index in [0.717, 1.165) is 42.0 Å². The second-order valence-corrected chi connectivity index (χ2v) is 9.47. The van der Waals surface area contributed by atoms with E-state index in [1.165, 1.54) is 0 Å². The van der Waals surface area contributed by atoms with Gasteiger partial charge >= 0.3 is 0 Å². The average molecular weight is 380 g/mol. The predicted molar refractivity (Wildman–Crippen MR) is 100 cm³/mol. The summed E-state index contributed by atoms with van der Waals surface area (Å²) in [6, 6.07) is 1.85. The van der Waals surface area contributed by atoms with Crippen molar-refractivity contribution >= 4 is 33.2 Å². The number of rotatable bonds is 5. The number of hydrogen-bond acceptors (Lipinski definition) is 5. The molecule has 2 atom stereocenters. The number of aromatic nitrogens is 2. The van der Waals surface area contributed by atoms with Crippen LogP contribution in [0.15, 0.2) is 18.5 Å². The third-order valence-electron chi connectivity index (χ3n) is 5.51. The topological polar surface area (TPSA) is 78.1 Å². The van der Waals surface area contributed by atoms with E-state index in [1.807, 2.05) is 12.3 Å². The van der Waals surface area contributed by atoms with Gasteiger partial charge in [-0.3, -0.25) is 4.21 Å². The second kappa shape index (κ2) is 6.18. The summed E-state index contributed by atoms with van der Waals surface area (Å²) in [6.45, 7) is 2.06. The molecule has 0 radical (unpaired) electrons. The Bertz CT molecular complexity index is 848. The molecule has 0 spiro atoms. The van der Waals surface area contributed by atoms with Crippen molar-refractivity contribution < 1.29 is 8.95 Å². The Labute approximate surface area is 154 Å². The van der Waals surface area contributed by atoms with E-state index in [2.05, 4.69) is 16.9 Å². The molecule has 2 fully saturated rings. The largest absolute Gasteiger partial charge is 0.474 e. The molecular weight excluding hydrogens is 358 g/mol. The second-order valence-electron chi connectivity index (χ2n) is 7.42. The highest BCUT2D eigenvalue weighted by atomic mass is 35.5. The molecule has 2 aliphatic rings. The Morgan fingerprint density at radius 3 is 2.64 bits per heavy atom. The molecule has 134 valence electrons. The van der Waals surface area contributed by atoms with E-state index in [1.54, 1.807) is 12.5 Å². The molecule has 0 saturated heterocycles. The number of nitrogens with two attached hydrogens (primary N) is 1. The maximum absolute atomic E-state index is 11.5. The number of halogens is 1. The molecule has 0 amide bonds. The molecule has 2 saturated carbocycles. The summed E-state index contributed by atoms with van der Waals surface area (Å²) < 4.78 is 17.6. The maximum atomic E-state index is 11.5. The smallest absolute Gasteiger partial charge is 0.223 e. The molecule has 0 aromatic carbocycles. The Balaban J connectivity index is 1.69. The van der Waals surface area contributed by atoms with E-state index < -0.39 is 16.3 Å². The average Bonchev–Trinajstić information content (AvgIpc) is 3.34. The zero-order valence-electron chi connectivity index (χ0n) is 14.4. The van der Waals surface area contributed by atoms with Crippen molar-refractivity contribution in [1.82, 2.24) is 9.97 Å². The lowest BCUT2D eigenvalue weighted by Crippen LogP contribution is -2.40. The summed E-state index contributed by atoms with van der Waals surface area (Å²) in [4.78, 5) is 8.75. The van der Waals surface area contributed by atoms with Gasteiger partial charge in [-0.05, 0) is 55.5 Å². The van der Waals surface area contributed by atoms with Crippen LogP contribution in [0.1, 0.15) is 38.2 Å². The molecule has 0 aliphatic heterocycles. The maximum Gasteiger partial charge on any atom is 0.223 e. The SMILES string of the molecule is CS(=O)C1CC(Oc2ncc(C(C)(N)C3CC3)c3cc(Cl)ncc23)C1. The van der Waals surface area contributed by atoms with Gasteiger partial charge in [0, 0.05) is 40.2 Å². The molecule has 2 aliphatic carbocycles. The van der Waals surface area contributed by atoms with Crippen molar-refractivity contribution in [3.63, 3.8) is 0 Å². The minimum absolute atomic E-state index is 0.0545. The van der Waals surface area contributed by atoms with Gasteiger partial charge in [0.25, 0.3) is 0 Å². The number of fused-ring (bicyclic) bond motifs is 1. The predicted octanol–water partition coefficient (Wildman–Crippen LogP) is 3.16. The lowest BCUT2D eigenvalue weighted by Gasteiger charge is -2.34. The van der Waals surface area contributed by atoms with Gasteiger partial charge in [-0.2, -0.15) is 0 Å². The van der Waals surface area contributed by atoms with Crippen LogP contribution < -0.4 is 10.5 Å². The van der Waals surface area contributed by atoms with Crippen LogP contribution >= 0.6 is 11.6 Å². The van der Waals surface area contributed by atoms with E-state index in [-0.39, 0.29) is 11.4 Å². The standard InChI is InChI=1S/C18H22ClN3O2S/c1-18(20,10-3-4-10)15-9-22-17(14-8-21-16(19)7-13(14)15)24-11-5-12(6-11)25(2)23/h7-12H,3-6,20H2,1-2H3. The zero-order chi connectivity index (χ0) is 17.8. The fraction of sp³-hybridized carbons (Fsp3) is 0.556. The van der Waals surface area contributed by atoms with Crippen LogP contribution in [0.5, 0.6) is 5.88 Å². The Morgan fingerprint density at radius 1 is 1.28 bits per heavy atom. The Kier molecular flexibility index (Phi) is 4.25. The van der Waals surface area contributed by atoms with Gasteiger partial charge < -0.3 is 10.5 Å². The molecule has 4 rings (SSSR count). The number of nitrogens with zero attached hydrogens (tertiary/aromatic N) is 2. The van der Waals surface area contributed by atoms with E-state index in [9.17, 15) is 4.21 Å². The van der Waals surface area contributed by atoms with Crippen molar-refractivity contribution in [3.05, 3.63) is 29.2 Å². The summed E-state index contributed by atoms with van der Waals surface area (Å²) in [5, 5.41) is 2.45. The van der Waals surface area contributed by atoms with Crippen LogP contribution in [0, 0.1) is 5.92 Å². The minimum atomic E-state index is -0.793. The van der Waals surface area contributed by atoms with Crippen molar-refractivity contribution in [3.8, 4) is 5.88 Å². The molecular formula is C18H22ClN3O2S. The summed E-state index contributed by atoms with van der Waals surface area (Å²) in [7, 11) is -0.793. The normalized spacial score (nSPS) is 26.7. The molecule has 0 bridgehead atoms. The highest BCUT2D eigenvalue weighted by molar-refractivity contribution is 7.84. The van der Waals surface area contributed by atoms with Crippen LogP contribution in [0.25, 0.3) is 10.8 Å². The minimum Gasteiger partial charge on any atom is -0.474 e. The molecule has 5 nitrogen and oxygen atoms in total. The monoisotopic (exact) mass is 379 g/mol. The first-order valence-corrected chi connectivity index (χ1v) is 10.6. The van der Waals surface area contributed by atoms with Gasteiger partial charge in [0.05, 0.1) is 5.39 Å². The van der Waals surface area contributed by atoms with Gasteiger partial charge in [0.2, 0.25) is 5.88 Å². The molecule has 25 heavy (non-hydrogen) atoms. The van der Waals surface area contributed by atoms with E-state index >= 15 is 0 Å². The highest BCUT2D eigenvalue weighted by Gasteiger charge is 2.41. The molecule has 2 aromatic rings. The fourth-order valence-electron chi connectivity index (χ4n) is 3.55. The first-order valence-electron chi connectivity index (χ1n) is 8.58. The van der Waals surface area contributed by atoms with Gasteiger partial charge in [0.1, 0.15) is 11.3 Å². The van der Waals surface area contributed by atoms with E-state index in [4.69, 9.17) is 22.1 Å². The number of hydrogen-bond donors (Lipinski definition) is 1. The van der Waals surface area contributed by atoms with Gasteiger partial charge in [-0.25, -0.2) is 9.97 Å². The summed E-state index contributed by atoms with van der Waals surface area (Å²) in [6.07, 6.45) is 9.21. The Morgan fingerprint density at radius 2 is 2.00 bits per heavy atom. The quantitative estimate of drug-likeness (QED) is 0.807. The first-order chi connectivity index (χ1) is 11.9. The van der Waals surface area contributed by atoms with Crippen LogP contribution in [0.3, 0.4) is 0 Å². The molecule has 2 unspecified atom stereocenters. The summed E-state index contributed by atoms with van der Waals surface area (Å²) in [5.74, 6) is 1.03. The van der Waals surface area contributed by atoms with Crippen LogP contribution in [-0.4, -0.2) is 31.8 Å². The van der Waals surface area contributed by atoms with Gasteiger partial charge in [0.15, 0.2) is 0 Å². The van der Waals surface area contributed by atoms with Crippen LogP contribution in [-0.2, 0) is 16.3 Å². The van der Waals surface area contributed by atoms with Crippen LogP contribution in [0.4, 0.5) is 0 Å². The lowest BCUT2D eigenvalue weighted by molar-refractivity contribution is 0.121. The summed E-state index contributed by atoms with van der Waals surface area (Å²) in [5.41, 5.74) is 7.17. The lowest BCUT2D eigenvalue weighted by atomic mass is 9.86. The van der Waals surface area contributed by atoms with Crippen molar-refractivity contribution in [1.29, 1.82) is 0 Å².